The molecule has 0 aliphatic carbocycles. The minimum absolute atomic E-state index is 0.0154. The lowest BCUT2D eigenvalue weighted by Crippen LogP contribution is -2.44. The molecular formula is C16H25NO2. The smallest absolute Gasteiger partial charge is 0.304 e. The Morgan fingerprint density at radius 3 is 2.32 bits per heavy atom. The number of carbonyl (C=O) groups is 1. The minimum atomic E-state index is -0.735. The van der Waals surface area contributed by atoms with E-state index in [0.29, 0.717) is 12.5 Å². The van der Waals surface area contributed by atoms with Gasteiger partial charge in [-0.15, -0.1) is 0 Å². The summed E-state index contributed by atoms with van der Waals surface area (Å²) in [6.07, 6.45) is 0.193. The van der Waals surface area contributed by atoms with Crippen molar-refractivity contribution >= 4 is 5.97 Å². The third-order valence-electron chi connectivity index (χ3n) is 3.41. The van der Waals surface area contributed by atoms with Gasteiger partial charge in [0.2, 0.25) is 0 Å². The quantitative estimate of drug-likeness (QED) is 0.855. The van der Waals surface area contributed by atoms with Crippen LogP contribution in [0.3, 0.4) is 0 Å². The van der Waals surface area contributed by atoms with E-state index in [1.54, 1.807) is 0 Å². The van der Waals surface area contributed by atoms with Crippen LogP contribution in [0.1, 0.15) is 45.6 Å². The lowest BCUT2D eigenvalue weighted by atomic mass is 9.97. The summed E-state index contributed by atoms with van der Waals surface area (Å²) in [6, 6.07) is 10.4. The first-order chi connectivity index (χ1) is 8.80. The van der Waals surface area contributed by atoms with Crippen molar-refractivity contribution in [1.29, 1.82) is 0 Å². The van der Waals surface area contributed by atoms with E-state index in [-0.39, 0.29) is 12.0 Å². The van der Waals surface area contributed by atoms with Gasteiger partial charge >= 0.3 is 5.97 Å². The number of nitrogens with zero attached hydrogens (tertiary/aromatic N) is 1. The third kappa shape index (κ3) is 5.43. The van der Waals surface area contributed by atoms with E-state index < -0.39 is 5.97 Å². The molecule has 0 heterocycles. The van der Waals surface area contributed by atoms with Crippen molar-refractivity contribution in [1.82, 2.24) is 4.90 Å². The zero-order chi connectivity index (χ0) is 14.5. The lowest BCUT2D eigenvalue weighted by molar-refractivity contribution is -0.137. The van der Waals surface area contributed by atoms with Crippen LogP contribution < -0.4 is 0 Å². The van der Waals surface area contributed by atoms with Crippen molar-refractivity contribution in [2.24, 2.45) is 0 Å². The van der Waals surface area contributed by atoms with E-state index in [1.165, 1.54) is 5.56 Å². The van der Waals surface area contributed by atoms with E-state index in [0.717, 1.165) is 6.54 Å². The normalized spacial score (nSPS) is 13.5. The Kier molecular flexibility index (Phi) is 5.55. The SMILES string of the molecule is CC(CN(CCC(=O)O)C(C)(C)C)c1ccccc1. The molecule has 0 saturated heterocycles. The first-order valence-electron chi connectivity index (χ1n) is 6.82. The largest absolute Gasteiger partial charge is 0.481 e. The van der Waals surface area contributed by atoms with Crippen molar-refractivity contribution < 1.29 is 9.90 Å². The molecule has 0 bridgehead atoms. The van der Waals surface area contributed by atoms with E-state index >= 15 is 0 Å². The number of carboxylic acids is 1. The molecule has 1 rings (SSSR count). The summed E-state index contributed by atoms with van der Waals surface area (Å²) in [6.45, 7) is 10.1. The van der Waals surface area contributed by atoms with Gasteiger partial charge in [0.1, 0.15) is 0 Å². The number of rotatable bonds is 6. The van der Waals surface area contributed by atoms with Gasteiger partial charge in [0.25, 0.3) is 0 Å². The van der Waals surface area contributed by atoms with Crippen molar-refractivity contribution in [2.75, 3.05) is 13.1 Å². The number of hydrogen-bond acceptors (Lipinski definition) is 2. The van der Waals surface area contributed by atoms with Gasteiger partial charge < -0.3 is 5.11 Å². The Bertz CT molecular complexity index is 395. The van der Waals surface area contributed by atoms with Gasteiger partial charge in [0, 0.05) is 18.6 Å². The molecule has 0 aliphatic rings. The second-order valence-corrected chi connectivity index (χ2v) is 6.07. The molecule has 106 valence electrons. The summed E-state index contributed by atoms with van der Waals surface area (Å²) in [4.78, 5) is 13.0. The van der Waals surface area contributed by atoms with Crippen LogP contribution in [0.2, 0.25) is 0 Å². The van der Waals surface area contributed by atoms with E-state index in [4.69, 9.17) is 5.11 Å². The number of benzene rings is 1. The second kappa shape index (κ2) is 6.71. The summed E-state index contributed by atoms with van der Waals surface area (Å²) in [5.41, 5.74) is 1.28. The Labute approximate surface area is 116 Å². The van der Waals surface area contributed by atoms with Gasteiger partial charge in [-0.05, 0) is 32.3 Å². The van der Waals surface area contributed by atoms with Crippen LogP contribution in [0.5, 0.6) is 0 Å². The number of aliphatic carboxylic acids is 1. The first-order valence-corrected chi connectivity index (χ1v) is 6.82. The van der Waals surface area contributed by atoms with Crippen molar-refractivity contribution in [3.63, 3.8) is 0 Å². The maximum absolute atomic E-state index is 10.8. The Hall–Kier alpha value is -1.35. The maximum atomic E-state index is 10.8. The summed E-state index contributed by atoms with van der Waals surface area (Å²) in [7, 11) is 0. The Morgan fingerprint density at radius 2 is 1.84 bits per heavy atom. The topological polar surface area (TPSA) is 40.5 Å². The van der Waals surface area contributed by atoms with Crippen LogP contribution in [0.15, 0.2) is 30.3 Å². The van der Waals surface area contributed by atoms with E-state index in [2.05, 4.69) is 44.7 Å². The van der Waals surface area contributed by atoms with Crippen molar-refractivity contribution in [3.05, 3.63) is 35.9 Å². The maximum Gasteiger partial charge on any atom is 0.304 e. The standard InChI is InChI=1S/C16H25NO2/c1-13(14-8-6-5-7-9-14)12-17(16(2,3)4)11-10-15(18)19/h5-9,13H,10-12H2,1-4H3,(H,18,19). The zero-order valence-corrected chi connectivity index (χ0v) is 12.4. The van der Waals surface area contributed by atoms with Crippen molar-refractivity contribution in [3.8, 4) is 0 Å². The molecule has 19 heavy (non-hydrogen) atoms. The van der Waals surface area contributed by atoms with Gasteiger partial charge in [0.05, 0.1) is 6.42 Å². The highest BCUT2D eigenvalue weighted by Gasteiger charge is 2.23. The zero-order valence-electron chi connectivity index (χ0n) is 12.4. The highest BCUT2D eigenvalue weighted by Crippen LogP contribution is 2.21. The van der Waals surface area contributed by atoms with E-state index in [9.17, 15) is 4.79 Å². The summed E-state index contributed by atoms with van der Waals surface area (Å²) in [5.74, 6) is -0.337. The van der Waals surface area contributed by atoms with Crippen LogP contribution in [0.25, 0.3) is 0 Å². The van der Waals surface area contributed by atoms with Crippen LogP contribution in [-0.4, -0.2) is 34.6 Å². The fourth-order valence-electron chi connectivity index (χ4n) is 2.15. The molecule has 0 aromatic heterocycles. The van der Waals surface area contributed by atoms with E-state index in [1.807, 2.05) is 18.2 Å². The summed E-state index contributed by atoms with van der Waals surface area (Å²) < 4.78 is 0. The average Bonchev–Trinajstić information content (AvgIpc) is 2.33. The minimum Gasteiger partial charge on any atom is -0.481 e. The fraction of sp³-hybridized carbons (Fsp3) is 0.562. The third-order valence-corrected chi connectivity index (χ3v) is 3.41. The average molecular weight is 263 g/mol. The molecule has 0 spiro atoms. The first kappa shape index (κ1) is 15.7. The highest BCUT2D eigenvalue weighted by atomic mass is 16.4. The van der Waals surface area contributed by atoms with Gasteiger partial charge in [-0.3, -0.25) is 9.69 Å². The highest BCUT2D eigenvalue weighted by molar-refractivity contribution is 5.66. The molecule has 1 aromatic rings. The molecule has 3 nitrogen and oxygen atoms in total. The number of carboxylic acid groups (broad SMARTS) is 1. The van der Waals surface area contributed by atoms with Gasteiger partial charge in [-0.2, -0.15) is 0 Å². The van der Waals surface area contributed by atoms with Crippen LogP contribution in [0.4, 0.5) is 0 Å². The molecule has 1 aromatic carbocycles. The monoisotopic (exact) mass is 263 g/mol. The predicted molar refractivity (Wildman–Crippen MR) is 78.4 cm³/mol. The molecule has 0 radical (unpaired) electrons. The lowest BCUT2D eigenvalue weighted by Gasteiger charge is -2.37. The van der Waals surface area contributed by atoms with Crippen LogP contribution in [0, 0.1) is 0 Å². The molecule has 0 aliphatic heterocycles. The Balaban J connectivity index is 2.69. The molecule has 1 atom stereocenters. The Morgan fingerprint density at radius 1 is 1.26 bits per heavy atom. The van der Waals surface area contributed by atoms with Crippen LogP contribution in [-0.2, 0) is 4.79 Å². The van der Waals surface area contributed by atoms with Gasteiger partial charge in [0.15, 0.2) is 0 Å². The molecule has 0 fully saturated rings. The summed E-state index contributed by atoms with van der Waals surface area (Å²) in [5, 5.41) is 8.85. The fourth-order valence-corrected chi connectivity index (χ4v) is 2.15. The predicted octanol–water partition coefficient (Wildman–Crippen LogP) is 3.37. The molecule has 3 heteroatoms. The summed E-state index contributed by atoms with van der Waals surface area (Å²) >= 11 is 0. The number of hydrogen-bond donors (Lipinski definition) is 1. The van der Waals surface area contributed by atoms with Gasteiger partial charge in [-0.25, -0.2) is 0 Å². The van der Waals surface area contributed by atoms with Crippen LogP contribution >= 0.6 is 0 Å². The molecule has 0 saturated carbocycles. The molecule has 1 unspecified atom stereocenters. The second-order valence-electron chi connectivity index (χ2n) is 6.07. The molecule has 0 amide bonds. The van der Waals surface area contributed by atoms with Crippen molar-refractivity contribution in [2.45, 2.75) is 45.6 Å². The molecule has 1 N–H and O–H groups in total. The van der Waals surface area contributed by atoms with Gasteiger partial charge in [-0.1, -0.05) is 37.3 Å². The molecular weight excluding hydrogens is 238 g/mol.